The van der Waals surface area contributed by atoms with Gasteiger partial charge in [-0.1, -0.05) is 76.2 Å². The number of hydrogen-bond donors (Lipinski definition) is 0. The lowest BCUT2D eigenvalue weighted by Gasteiger charge is -2.12. The molecule has 0 radical (unpaired) electrons. The first-order chi connectivity index (χ1) is 10.0. The Balaban J connectivity index is 2.01. The second kappa shape index (κ2) is 8.05. The van der Waals surface area contributed by atoms with Crippen molar-refractivity contribution in [3.8, 4) is 5.75 Å². The van der Waals surface area contributed by atoms with Crippen LogP contribution >= 0.6 is 69.8 Å². The lowest BCUT2D eigenvalue weighted by molar-refractivity contribution is 0.344. The minimum atomic E-state index is 0.165. The first kappa shape index (κ1) is 17.4. The summed E-state index contributed by atoms with van der Waals surface area (Å²) in [7, 11) is 0. The molecular formula is C14H9Cl5OS. The second-order valence-corrected chi connectivity index (χ2v) is 6.90. The molecule has 0 aliphatic carbocycles. The maximum Gasteiger partial charge on any atom is 0.119 e. The van der Waals surface area contributed by atoms with Gasteiger partial charge in [0.1, 0.15) is 5.75 Å². The van der Waals surface area contributed by atoms with Gasteiger partial charge in [-0.3, -0.25) is 0 Å². The summed E-state index contributed by atoms with van der Waals surface area (Å²) in [6, 6.07) is 9.53. The van der Waals surface area contributed by atoms with E-state index in [0.29, 0.717) is 27.3 Å². The monoisotopic (exact) mass is 400 g/mol. The number of ether oxygens (including phenoxy) is 1. The average Bonchev–Trinajstić information content (AvgIpc) is 2.51. The zero-order valence-electron chi connectivity index (χ0n) is 10.5. The Kier molecular flexibility index (Phi) is 6.67. The van der Waals surface area contributed by atoms with E-state index in [-0.39, 0.29) is 15.1 Å². The summed E-state index contributed by atoms with van der Waals surface area (Å²) < 4.78 is 5.59. The summed E-state index contributed by atoms with van der Waals surface area (Å²) in [5.41, 5.74) is 0. The van der Waals surface area contributed by atoms with Gasteiger partial charge in [-0.25, -0.2) is 0 Å². The summed E-state index contributed by atoms with van der Waals surface area (Å²) in [6.45, 7) is 0.499. The Morgan fingerprint density at radius 3 is 1.86 bits per heavy atom. The standard InChI is InChI=1S/C14H9Cl5OS/c15-9-10(16)12(18)14(13(19)11(9)17)21-7-6-20-8-4-2-1-3-5-8/h1-5H,6-7H2. The van der Waals surface area contributed by atoms with Gasteiger partial charge in [0.15, 0.2) is 0 Å². The van der Waals surface area contributed by atoms with Crippen molar-refractivity contribution in [3.63, 3.8) is 0 Å². The highest BCUT2D eigenvalue weighted by molar-refractivity contribution is 7.99. The summed E-state index contributed by atoms with van der Waals surface area (Å²) in [5, 5.41) is 1.19. The summed E-state index contributed by atoms with van der Waals surface area (Å²) >= 11 is 31.7. The molecule has 112 valence electrons. The van der Waals surface area contributed by atoms with Crippen LogP contribution in [0.3, 0.4) is 0 Å². The van der Waals surface area contributed by atoms with Gasteiger partial charge in [0.05, 0.1) is 31.7 Å². The van der Waals surface area contributed by atoms with Crippen molar-refractivity contribution in [2.75, 3.05) is 12.4 Å². The molecule has 0 saturated heterocycles. The molecule has 0 aliphatic rings. The molecule has 0 aromatic heterocycles. The molecule has 0 atom stereocenters. The minimum absolute atomic E-state index is 0.165. The van der Waals surface area contributed by atoms with Gasteiger partial charge in [-0.2, -0.15) is 0 Å². The van der Waals surface area contributed by atoms with Crippen molar-refractivity contribution in [1.29, 1.82) is 0 Å². The first-order valence-corrected chi connectivity index (χ1v) is 8.72. The molecule has 21 heavy (non-hydrogen) atoms. The van der Waals surface area contributed by atoms with Crippen molar-refractivity contribution in [2.24, 2.45) is 0 Å². The number of benzene rings is 2. The van der Waals surface area contributed by atoms with Crippen LogP contribution in [0.1, 0.15) is 0 Å². The van der Waals surface area contributed by atoms with Gasteiger partial charge in [-0.05, 0) is 12.1 Å². The third kappa shape index (κ3) is 4.28. The second-order valence-electron chi connectivity index (χ2n) is 3.91. The Labute approximate surface area is 152 Å². The topological polar surface area (TPSA) is 9.23 Å². The molecule has 0 heterocycles. The summed E-state index contributed by atoms with van der Waals surface area (Å²) in [6.07, 6.45) is 0. The predicted octanol–water partition coefficient (Wildman–Crippen LogP) is 7.12. The molecule has 7 heteroatoms. The maximum absolute atomic E-state index is 6.15. The van der Waals surface area contributed by atoms with Gasteiger partial charge in [0.25, 0.3) is 0 Å². The lowest BCUT2D eigenvalue weighted by atomic mass is 10.3. The van der Waals surface area contributed by atoms with Crippen molar-refractivity contribution in [3.05, 3.63) is 55.4 Å². The fourth-order valence-corrected chi connectivity index (χ4v) is 3.94. The maximum atomic E-state index is 6.15. The van der Waals surface area contributed by atoms with Gasteiger partial charge in [0, 0.05) is 10.6 Å². The van der Waals surface area contributed by atoms with Crippen LogP contribution in [-0.4, -0.2) is 12.4 Å². The van der Waals surface area contributed by atoms with E-state index in [4.69, 9.17) is 62.7 Å². The van der Waals surface area contributed by atoms with E-state index in [2.05, 4.69) is 0 Å². The molecule has 0 N–H and O–H groups in total. The van der Waals surface area contributed by atoms with Crippen LogP contribution in [0.15, 0.2) is 35.2 Å². The average molecular weight is 403 g/mol. The highest BCUT2D eigenvalue weighted by atomic mass is 35.5. The highest BCUT2D eigenvalue weighted by Crippen LogP contribution is 2.47. The SMILES string of the molecule is Clc1c(Cl)c(Cl)c(SCCOc2ccccc2)c(Cl)c1Cl. The number of hydrogen-bond acceptors (Lipinski definition) is 2. The van der Waals surface area contributed by atoms with E-state index in [9.17, 15) is 0 Å². The molecule has 0 bridgehead atoms. The Bertz CT molecular complexity index is 604. The van der Waals surface area contributed by atoms with Gasteiger partial charge < -0.3 is 4.74 Å². The third-order valence-electron chi connectivity index (χ3n) is 2.51. The van der Waals surface area contributed by atoms with E-state index in [1.54, 1.807) is 0 Å². The van der Waals surface area contributed by atoms with Crippen LogP contribution in [0.25, 0.3) is 0 Å². The molecular weight excluding hydrogens is 393 g/mol. The first-order valence-electron chi connectivity index (χ1n) is 5.84. The Hall–Kier alpha value is 0.0400. The molecule has 1 nitrogen and oxygen atoms in total. The van der Waals surface area contributed by atoms with E-state index in [0.717, 1.165) is 5.75 Å². The van der Waals surface area contributed by atoms with Crippen molar-refractivity contribution in [2.45, 2.75) is 4.90 Å². The quantitative estimate of drug-likeness (QED) is 0.228. The van der Waals surface area contributed by atoms with Crippen LogP contribution in [0.2, 0.25) is 25.1 Å². The molecule has 0 aliphatic heterocycles. The number of thioether (sulfide) groups is 1. The van der Waals surface area contributed by atoms with Crippen LogP contribution in [-0.2, 0) is 0 Å². The van der Waals surface area contributed by atoms with E-state index in [1.165, 1.54) is 11.8 Å². The van der Waals surface area contributed by atoms with Gasteiger partial charge in [0.2, 0.25) is 0 Å². The van der Waals surface area contributed by atoms with E-state index >= 15 is 0 Å². The zero-order valence-corrected chi connectivity index (χ0v) is 15.1. The van der Waals surface area contributed by atoms with Gasteiger partial charge >= 0.3 is 0 Å². The summed E-state index contributed by atoms with van der Waals surface area (Å²) in [4.78, 5) is 0.606. The number of rotatable bonds is 5. The molecule has 2 rings (SSSR count). The fraction of sp³-hybridized carbons (Fsp3) is 0.143. The van der Waals surface area contributed by atoms with Crippen LogP contribution in [0.5, 0.6) is 5.75 Å². The molecule has 0 fully saturated rings. The smallest absolute Gasteiger partial charge is 0.119 e. The van der Waals surface area contributed by atoms with Crippen LogP contribution in [0, 0.1) is 0 Å². The lowest BCUT2D eigenvalue weighted by Crippen LogP contribution is -2.00. The Morgan fingerprint density at radius 1 is 0.762 bits per heavy atom. The normalized spacial score (nSPS) is 10.7. The molecule has 0 amide bonds. The highest BCUT2D eigenvalue weighted by Gasteiger charge is 2.19. The summed E-state index contributed by atoms with van der Waals surface area (Å²) in [5.74, 6) is 1.45. The molecule has 0 saturated carbocycles. The van der Waals surface area contributed by atoms with Crippen molar-refractivity contribution in [1.82, 2.24) is 0 Å². The number of para-hydroxylation sites is 1. The van der Waals surface area contributed by atoms with Crippen LogP contribution < -0.4 is 4.74 Å². The largest absolute Gasteiger partial charge is 0.493 e. The molecule has 2 aromatic rings. The minimum Gasteiger partial charge on any atom is -0.493 e. The van der Waals surface area contributed by atoms with E-state index < -0.39 is 0 Å². The molecule has 2 aromatic carbocycles. The van der Waals surface area contributed by atoms with Crippen molar-refractivity contribution >= 4 is 69.8 Å². The fourth-order valence-electron chi connectivity index (χ4n) is 1.53. The van der Waals surface area contributed by atoms with Crippen LogP contribution in [0.4, 0.5) is 0 Å². The zero-order chi connectivity index (χ0) is 15.4. The third-order valence-corrected chi connectivity index (χ3v) is 6.08. The number of halogens is 5. The Morgan fingerprint density at radius 2 is 1.29 bits per heavy atom. The van der Waals surface area contributed by atoms with Gasteiger partial charge in [-0.15, -0.1) is 11.8 Å². The predicted molar refractivity (Wildman–Crippen MR) is 94.2 cm³/mol. The van der Waals surface area contributed by atoms with Crippen molar-refractivity contribution < 1.29 is 4.74 Å². The molecule has 0 spiro atoms. The van der Waals surface area contributed by atoms with E-state index in [1.807, 2.05) is 30.3 Å². The molecule has 0 unspecified atom stereocenters.